The number of halogens is 2. The molecule has 0 saturated heterocycles. The Morgan fingerprint density at radius 1 is 1.28 bits per heavy atom. The van der Waals surface area contributed by atoms with Crippen molar-refractivity contribution in [3.63, 3.8) is 0 Å². The summed E-state index contributed by atoms with van der Waals surface area (Å²) in [5, 5.41) is 0. The number of rotatable bonds is 4. The SMILES string of the molecule is CC(C)(C)[S@+]([O-])/N=C/c1ccc(OC(F)F)cc1. The first-order chi connectivity index (χ1) is 8.29. The Morgan fingerprint density at radius 3 is 2.28 bits per heavy atom. The molecule has 3 nitrogen and oxygen atoms in total. The van der Waals surface area contributed by atoms with E-state index in [4.69, 9.17) is 0 Å². The van der Waals surface area contributed by atoms with Gasteiger partial charge in [0.25, 0.3) is 0 Å². The minimum atomic E-state index is -2.84. The van der Waals surface area contributed by atoms with E-state index in [0.717, 1.165) is 0 Å². The molecule has 1 aromatic rings. The molecule has 0 heterocycles. The van der Waals surface area contributed by atoms with Gasteiger partial charge < -0.3 is 9.29 Å². The lowest BCUT2D eigenvalue weighted by atomic mass is 10.2. The summed E-state index contributed by atoms with van der Waals surface area (Å²) in [4.78, 5) is 0. The monoisotopic (exact) mass is 275 g/mol. The molecule has 1 aromatic carbocycles. The second-order valence-corrected chi connectivity index (χ2v) is 6.48. The molecule has 100 valence electrons. The second-order valence-electron chi connectivity index (χ2n) is 4.54. The number of alkyl halides is 2. The van der Waals surface area contributed by atoms with Crippen molar-refractivity contribution in [2.75, 3.05) is 0 Å². The summed E-state index contributed by atoms with van der Waals surface area (Å²) < 4.78 is 43.2. The van der Waals surface area contributed by atoms with Crippen LogP contribution in [0.5, 0.6) is 5.75 Å². The van der Waals surface area contributed by atoms with Crippen molar-refractivity contribution in [2.24, 2.45) is 4.40 Å². The van der Waals surface area contributed by atoms with Crippen molar-refractivity contribution in [2.45, 2.75) is 32.1 Å². The lowest BCUT2D eigenvalue weighted by Gasteiger charge is -2.17. The molecule has 0 aromatic heterocycles. The van der Waals surface area contributed by atoms with Crippen molar-refractivity contribution < 1.29 is 18.1 Å². The van der Waals surface area contributed by atoms with Crippen LogP contribution in [-0.4, -0.2) is 22.1 Å². The summed E-state index contributed by atoms with van der Waals surface area (Å²) in [5.41, 5.74) is 0.675. The Balaban J connectivity index is 2.66. The quantitative estimate of drug-likeness (QED) is 0.626. The Kier molecular flexibility index (Phi) is 5.10. The number of benzene rings is 1. The van der Waals surface area contributed by atoms with Crippen LogP contribution in [0, 0.1) is 0 Å². The summed E-state index contributed by atoms with van der Waals surface area (Å²) in [6.45, 7) is 2.62. The first kappa shape index (κ1) is 14.9. The van der Waals surface area contributed by atoms with Gasteiger partial charge in [0.15, 0.2) is 0 Å². The van der Waals surface area contributed by atoms with Gasteiger partial charge in [-0.1, -0.05) is 4.40 Å². The van der Waals surface area contributed by atoms with Crippen molar-refractivity contribution in [1.29, 1.82) is 0 Å². The molecule has 0 fully saturated rings. The number of nitrogens with zero attached hydrogens (tertiary/aromatic N) is 1. The Labute approximate surface area is 108 Å². The largest absolute Gasteiger partial charge is 0.591 e. The van der Waals surface area contributed by atoms with Gasteiger partial charge in [0.1, 0.15) is 21.9 Å². The molecule has 0 spiro atoms. The van der Waals surface area contributed by atoms with E-state index in [1.165, 1.54) is 18.3 Å². The van der Waals surface area contributed by atoms with Gasteiger partial charge in [-0.3, -0.25) is 0 Å². The van der Waals surface area contributed by atoms with E-state index in [0.29, 0.717) is 5.56 Å². The second kappa shape index (κ2) is 6.15. The Bertz CT molecular complexity index is 402. The van der Waals surface area contributed by atoms with Gasteiger partial charge in [-0.25, -0.2) is 0 Å². The van der Waals surface area contributed by atoms with Crippen LogP contribution in [0.1, 0.15) is 26.3 Å². The summed E-state index contributed by atoms with van der Waals surface area (Å²) in [7, 11) is 0. The normalized spacial score (nSPS) is 14.2. The zero-order valence-electron chi connectivity index (χ0n) is 10.4. The lowest BCUT2D eigenvalue weighted by Crippen LogP contribution is -2.25. The molecule has 0 bridgehead atoms. The summed E-state index contributed by atoms with van der Waals surface area (Å²) in [5.74, 6) is 0.0825. The average molecular weight is 275 g/mol. The smallest absolute Gasteiger partial charge is 0.387 e. The molecular weight excluding hydrogens is 260 g/mol. The highest BCUT2D eigenvalue weighted by Crippen LogP contribution is 2.18. The van der Waals surface area contributed by atoms with E-state index in [2.05, 4.69) is 9.13 Å². The number of hydrogen-bond donors (Lipinski definition) is 0. The maximum Gasteiger partial charge on any atom is 0.387 e. The molecular formula is C12H15F2NO2S. The molecule has 0 N–H and O–H groups in total. The summed E-state index contributed by atoms with van der Waals surface area (Å²) in [6, 6.07) is 5.96. The van der Waals surface area contributed by atoms with E-state index in [1.54, 1.807) is 12.1 Å². The molecule has 1 rings (SSSR count). The van der Waals surface area contributed by atoms with Crippen LogP contribution in [0.15, 0.2) is 28.7 Å². The standard InChI is InChI=1S/C12H15F2NO2S/c1-12(2,3)18(16)15-8-9-4-6-10(7-5-9)17-11(13)14/h4-8,11H,1-3H3/b15-8+/t18-/m0/s1. The fraction of sp³-hybridized carbons (Fsp3) is 0.417. The number of ether oxygens (including phenoxy) is 1. The third-order valence-electron chi connectivity index (χ3n) is 1.93. The summed E-state index contributed by atoms with van der Waals surface area (Å²) in [6.07, 6.45) is 1.45. The van der Waals surface area contributed by atoms with Gasteiger partial charge in [-0.15, -0.1) is 0 Å². The third-order valence-corrected chi connectivity index (χ3v) is 3.27. The van der Waals surface area contributed by atoms with Gasteiger partial charge in [0, 0.05) is 0 Å². The van der Waals surface area contributed by atoms with Gasteiger partial charge in [0.2, 0.25) is 0 Å². The predicted octanol–water partition coefficient (Wildman–Crippen LogP) is 3.17. The van der Waals surface area contributed by atoms with Crippen molar-refractivity contribution in [1.82, 2.24) is 0 Å². The predicted molar refractivity (Wildman–Crippen MR) is 68.6 cm³/mol. The van der Waals surface area contributed by atoms with Gasteiger partial charge in [0.05, 0.1) is 6.21 Å². The minimum Gasteiger partial charge on any atom is -0.591 e. The van der Waals surface area contributed by atoms with E-state index >= 15 is 0 Å². The minimum absolute atomic E-state index is 0.0825. The molecule has 0 aliphatic heterocycles. The van der Waals surface area contributed by atoms with Gasteiger partial charge in [-0.2, -0.15) is 8.78 Å². The lowest BCUT2D eigenvalue weighted by molar-refractivity contribution is -0.0498. The van der Waals surface area contributed by atoms with E-state index in [1.807, 2.05) is 20.8 Å². The zero-order valence-corrected chi connectivity index (χ0v) is 11.2. The fourth-order valence-corrected chi connectivity index (χ4v) is 1.54. The maximum absolute atomic E-state index is 11.9. The number of hydrogen-bond acceptors (Lipinski definition) is 3. The zero-order chi connectivity index (χ0) is 13.8. The molecule has 0 aliphatic rings. The first-order valence-corrected chi connectivity index (χ1v) is 6.40. The molecule has 0 unspecified atom stereocenters. The Hall–Kier alpha value is -1.14. The molecule has 0 amide bonds. The maximum atomic E-state index is 11.9. The van der Waals surface area contributed by atoms with Crippen LogP contribution in [0.25, 0.3) is 0 Å². The van der Waals surface area contributed by atoms with E-state index in [-0.39, 0.29) is 5.75 Å². The van der Waals surface area contributed by atoms with Crippen LogP contribution in [-0.2, 0) is 11.4 Å². The summed E-state index contributed by atoms with van der Waals surface area (Å²) >= 11 is -1.33. The van der Waals surface area contributed by atoms with E-state index in [9.17, 15) is 13.3 Å². The van der Waals surface area contributed by atoms with Crippen molar-refractivity contribution >= 4 is 17.6 Å². The molecule has 0 saturated carbocycles. The third kappa shape index (κ3) is 5.01. The van der Waals surface area contributed by atoms with Crippen molar-refractivity contribution in [3.05, 3.63) is 29.8 Å². The molecule has 0 radical (unpaired) electrons. The first-order valence-electron chi connectivity index (χ1n) is 5.30. The average Bonchev–Trinajstić information content (AvgIpc) is 2.25. The van der Waals surface area contributed by atoms with Crippen LogP contribution in [0.4, 0.5) is 8.78 Å². The highest BCUT2D eigenvalue weighted by molar-refractivity contribution is 7.91. The van der Waals surface area contributed by atoms with Gasteiger partial charge in [-0.05, 0) is 50.6 Å². The topological polar surface area (TPSA) is 44.7 Å². The van der Waals surface area contributed by atoms with Crippen LogP contribution >= 0.6 is 0 Å². The Morgan fingerprint density at radius 2 is 1.83 bits per heavy atom. The van der Waals surface area contributed by atoms with Crippen LogP contribution in [0.3, 0.4) is 0 Å². The van der Waals surface area contributed by atoms with Crippen molar-refractivity contribution in [3.8, 4) is 5.75 Å². The highest BCUT2D eigenvalue weighted by Gasteiger charge is 2.25. The molecule has 0 aliphatic carbocycles. The molecule has 1 atom stereocenters. The van der Waals surface area contributed by atoms with Crippen LogP contribution in [0.2, 0.25) is 0 Å². The molecule has 6 heteroatoms. The van der Waals surface area contributed by atoms with Crippen LogP contribution < -0.4 is 4.74 Å². The highest BCUT2D eigenvalue weighted by atomic mass is 32.2. The van der Waals surface area contributed by atoms with Gasteiger partial charge >= 0.3 is 6.61 Å². The van der Waals surface area contributed by atoms with E-state index < -0.39 is 22.7 Å². The fourth-order valence-electron chi connectivity index (χ4n) is 1.00. The molecule has 18 heavy (non-hydrogen) atoms.